The van der Waals surface area contributed by atoms with Crippen molar-refractivity contribution >= 4 is 32.9 Å². The van der Waals surface area contributed by atoms with Crippen LogP contribution >= 0.6 is 0 Å². The highest BCUT2D eigenvalue weighted by Crippen LogP contribution is 2.36. The number of para-hydroxylation sites is 1. The number of pyridine rings is 1. The Morgan fingerprint density at radius 3 is 2.72 bits per heavy atom. The van der Waals surface area contributed by atoms with Crippen LogP contribution in [0.25, 0.3) is 27.7 Å². The summed E-state index contributed by atoms with van der Waals surface area (Å²) >= 11 is 0. The molecule has 0 saturated heterocycles. The molecule has 0 fully saturated rings. The topological polar surface area (TPSA) is 116 Å². The maximum Gasteiger partial charge on any atom is 0.422 e. The van der Waals surface area contributed by atoms with Gasteiger partial charge in [0, 0.05) is 42.5 Å². The number of nitrogens with zero attached hydrogens (tertiary/aromatic N) is 3. The first-order chi connectivity index (χ1) is 15.4. The normalized spacial score (nSPS) is 14.9. The van der Waals surface area contributed by atoms with Gasteiger partial charge in [0.25, 0.3) is 0 Å². The van der Waals surface area contributed by atoms with Crippen LogP contribution < -0.4 is 4.74 Å². The van der Waals surface area contributed by atoms with Crippen molar-refractivity contribution in [2.45, 2.75) is 13.3 Å². The lowest BCUT2D eigenvalue weighted by Crippen LogP contribution is -2.47. The number of aromatic amines is 1. The molecule has 0 radical (unpaired) electrons. The fourth-order valence-corrected chi connectivity index (χ4v) is 5.33. The van der Waals surface area contributed by atoms with Gasteiger partial charge in [0.05, 0.1) is 7.11 Å². The van der Waals surface area contributed by atoms with E-state index in [1.807, 2.05) is 42.5 Å². The van der Waals surface area contributed by atoms with E-state index in [2.05, 4.69) is 9.97 Å². The third-order valence-electron chi connectivity index (χ3n) is 5.55. The zero-order chi connectivity index (χ0) is 22.9. The second-order valence-corrected chi connectivity index (χ2v) is 9.15. The van der Waals surface area contributed by atoms with Gasteiger partial charge in [0.2, 0.25) is 0 Å². The van der Waals surface area contributed by atoms with Crippen molar-refractivity contribution in [2.24, 2.45) is 0 Å². The van der Waals surface area contributed by atoms with Gasteiger partial charge >= 0.3 is 16.3 Å². The fraction of sp³-hybridized carbons (Fsp3) is 0.273. The van der Waals surface area contributed by atoms with Crippen LogP contribution in [0.2, 0.25) is 0 Å². The van der Waals surface area contributed by atoms with Crippen molar-refractivity contribution in [1.82, 2.24) is 18.6 Å². The molecule has 1 amide bonds. The molecule has 168 valence electrons. The maximum absolute atomic E-state index is 12.6. The van der Waals surface area contributed by atoms with Gasteiger partial charge in [0.15, 0.2) is 0 Å². The third kappa shape index (κ3) is 3.82. The molecule has 0 saturated carbocycles. The number of rotatable bonds is 6. The van der Waals surface area contributed by atoms with Crippen LogP contribution in [0.15, 0.2) is 48.7 Å². The molecule has 32 heavy (non-hydrogen) atoms. The Morgan fingerprint density at radius 1 is 1.28 bits per heavy atom. The van der Waals surface area contributed by atoms with E-state index in [0.717, 1.165) is 39.2 Å². The van der Waals surface area contributed by atoms with E-state index in [1.54, 1.807) is 13.3 Å². The molecule has 2 N–H and O–H groups in total. The van der Waals surface area contributed by atoms with E-state index >= 15 is 0 Å². The molecule has 0 atom stereocenters. The number of carbonyl (C=O) groups is 1. The highest BCUT2D eigenvalue weighted by molar-refractivity contribution is 7.87. The molecule has 0 unspecified atom stereocenters. The zero-order valence-corrected chi connectivity index (χ0v) is 18.6. The summed E-state index contributed by atoms with van der Waals surface area (Å²) in [7, 11) is -2.43. The fourth-order valence-electron chi connectivity index (χ4n) is 3.94. The molecular weight excluding hydrogens is 432 g/mol. The number of amides is 1. The molecule has 0 aliphatic carbocycles. The summed E-state index contributed by atoms with van der Waals surface area (Å²) < 4.78 is 32.4. The van der Waals surface area contributed by atoms with Gasteiger partial charge in [-0.1, -0.05) is 24.3 Å². The number of aromatic nitrogens is 2. The minimum absolute atomic E-state index is 0.101. The Balaban J connectivity index is 1.66. The van der Waals surface area contributed by atoms with Gasteiger partial charge in [-0.05, 0) is 42.7 Å². The molecule has 4 rings (SSSR count). The number of ether oxygens (including phenoxy) is 1. The van der Waals surface area contributed by atoms with Crippen molar-refractivity contribution < 1.29 is 23.1 Å². The number of carboxylic acid groups (broad SMARTS) is 1. The summed E-state index contributed by atoms with van der Waals surface area (Å²) in [4.78, 5) is 19.1. The SMILES string of the molecule is CCN(C(=O)O)S(=O)(=O)N1CC=C(c2cc3c(-c4ccccc4OC)ccnc3[nH]2)CC1. The number of H-pyrrole nitrogens is 1. The summed E-state index contributed by atoms with van der Waals surface area (Å²) in [5.74, 6) is 0.763. The molecule has 1 aliphatic rings. The third-order valence-corrected chi connectivity index (χ3v) is 7.51. The van der Waals surface area contributed by atoms with Crippen LogP contribution in [0.4, 0.5) is 4.79 Å². The molecule has 0 spiro atoms. The summed E-state index contributed by atoms with van der Waals surface area (Å²) in [6.45, 7) is 1.65. The van der Waals surface area contributed by atoms with Crippen molar-refractivity contribution in [3.8, 4) is 16.9 Å². The number of nitrogens with one attached hydrogen (secondary N) is 1. The first-order valence-electron chi connectivity index (χ1n) is 10.2. The molecule has 10 heteroatoms. The van der Waals surface area contributed by atoms with Crippen molar-refractivity contribution in [3.05, 3.63) is 54.4 Å². The summed E-state index contributed by atoms with van der Waals surface area (Å²) in [6, 6.07) is 11.7. The summed E-state index contributed by atoms with van der Waals surface area (Å²) in [6.07, 6.45) is 2.52. The average Bonchev–Trinajstić information content (AvgIpc) is 3.23. The van der Waals surface area contributed by atoms with Crippen LogP contribution in [0.5, 0.6) is 5.75 Å². The van der Waals surface area contributed by atoms with Crippen LogP contribution in [0.3, 0.4) is 0 Å². The van der Waals surface area contributed by atoms with Gasteiger partial charge in [-0.25, -0.2) is 9.78 Å². The Labute approximate surface area is 186 Å². The lowest BCUT2D eigenvalue weighted by molar-refractivity contribution is 0.171. The first-order valence-corrected chi connectivity index (χ1v) is 11.6. The number of hydrogen-bond donors (Lipinski definition) is 2. The van der Waals surface area contributed by atoms with E-state index in [1.165, 1.54) is 11.2 Å². The van der Waals surface area contributed by atoms with E-state index < -0.39 is 16.3 Å². The Kier molecular flexibility index (Phi) is 5.90. The minimum atomic E-state index is -4.07. The van der Waals surface area contributed by atoms with Crippen molar-refractivity contribution in [1.29, 1.82) is 0 Å². The Morgan fingerprint density at radius 2 is 2.06 bits per heavy atom. The van der Waals surface area contributed by atoms with Crippen LogP contribution in [0.1, 0.15) is 19.0 Å². The lowest BCUT2D eigenvalue weighted by Gasteiger charge is -2.29. The molecule has 0 bridgehead atoms. The number of benzene rings is 1. The Bertz CT molecular complexity index is 1300. The zero-order valence-electron chi connectivity index (χ0n) is 17.8. The first kappa shape index (κ1) is 21.8. The van der Waals surface area contributed by atoms with Crippen molar-refractivity contribution in [2.75, 3.05) is 26.7 Å². The molecule has 1 aromatic carbocycles. The highest BCUT2D eigenvalue weighted by Gasteiger charge is 2.33. The highest BCUT2D eigenvalue weighted by atomic mass is 32.2. The predicted molar refractivity (Wildman–Crippen MR) is 122 cm³/mol. The second-order valence-electron chi connectivity index (χ2n) is 7.30. The number of methoxy groups -OCH3 is 1. The minimum Gasteiger partial charge on any atom is -0.496 e. The van der Waals surface area contributed by atoms with Gasteiger partial charge < -0.3 is 14.8 Å². The van der Waals surface area contributed by atoms with Gasteiger partial charge in [-0.15, -0.1) is 0 Å². The van der Waals surface area contributed by atoms with Crippen LogP contribution in [-0.2, 0) is 10.2 Å². The van der Waals surface area contributed by atoms with E-state index in [0.29, 0.717) is 10.7 Å². The molecule has 9 nitrogen and oxygen atoms in total. The summed E-state index contributed by atoms with van der Waals surface area (Å²) in [5, 5.41) is 10.1. The number of fused-ring (bicyclic) bond motifs is 1. The van der Waals surface area contributed by atoms with E-state index in [9.17, 15) is 18.3 Å². The van der Waals surface area contributed by atoms with Crippen LogP contribution in [0, 0.1) is 0 Å². The van der Waals surface area contributed by atoms with Gasteiger partial charge in [-0.2, -0.15) is 17.0 Å². The summed E-state index contributed by atoms with van der Waals surface area (Å²) in [5.41, 5.74) is 4.48. The molecule has 3 heterocycles. The second kappa shape index (κ2) is 8.64. The largest absolute Gasteiger partial charge is 0.496 e. The van der Waals surface area contributed by atoms with Gasteiger partial charge in [-0.3, -0.25) is 0 Å². The van der Waals surface area contributed by atoms with Gasteiger partial charge in [0.1, 0.15) is 11.4 Å². The van der Waals surface area contributed by atoms with E-state index in [4.69, 9.17) is 4.74 Å². The quantitative estimate of drug-likeness (QED) is 0.586. The monoisotopic (exact) mass is 456 g/mol. The molecule has 2 aromatic heterocycles. The number of hydrogen-bond acceptors (Lipinski definition) is 5. The predicted octanol–water partition coefficient (Wildman–Crippen LogP) is 3.57. The standard InChI is InChI=1S/C22H24N4O5S/c1-3-26(22(27)28)32(29,30)25-12-9-15(10-13-25)19-14-18-16(8-11-23-21(18)24-19)17-6-4-5-7-20(17)31-2/h4-9,11,14H,3,10,12-13H2,1-2H3,(H,23,24)(H,27,28). The Hall–Kier alpha value is -3.37. The van der Waals surface area contributed by atoms with Crippen molar-refractivity contribution in [3.63, 3.8) is 0 Å². The molecule has 1 aliphatic heterocycles. The molecular formula is C22H24N4O5S. The molecule has 3 aromatic rings. The van der Waals surface area contributed by atoms with Crippen LogP contribution in [-0.4, -0.2) is 64.9 Å². The maximum atomic E-state index is 12.6. The smallest absolute Gasteiger partial charge is 0.422 e. The lowest BCUT2D eigenvalue weighted by atomic mass is 10.0. The van der Waals surface area contributed by atoms with E-state index in [-0.39, 0.29) is 19.6 Å². The average molecular weight is 457 g/mol.